The minimum Gasteiger partial charge on any atom is -0.497 e. The van der Waals surface area contributed by atoms with E-state index in [1.54, 1.807) is 6.07 Å². The second-order valence-corrected chi connectivity index (χ2v) is 4.04. The molecule has 6 heteroatoms. The van der Waals surface area contributed by atoms with Crippen LogP contribution < -0.4 is 20.4 Å². The van der Waals surface area contributed by atoms with Gasteiger partial charge in [0.05, 0.1) is 7.11 Å². The van der Waals surface area contributed by atoms with Crippen molar-refractivity contribution >= 4 is 18.3 Å². The van der Waals surface area contributed by atoms with Gasteiger partial charge in [-0.1, -0.05) is 6.07 Å². The molecular weight excluding hydrogens is 219 g/mol. The van der Waals surface area contributed by atoms with Crippen LogP contribution in [0.4, 0.5) is 5.69 Å². The van der Waals surface area contributed by atoms with Crippen LogP contribution in [0.2, 0.25) is 0 Å². The molecule has 0 aromatic heterocycles. The fourth-order valence-corrected chi connectivity index (χ4v) is 2.03. The lowest BCUT2D eigenvalue weighted by atomic mass is 9.79. The standard InChI is InChI=1S/C11H17BN2O3/c1-17-11-8-9(2-3-10(11)12(15)16)14-6-4-13-5-7-14/h2-3,8,13,15-16H,4-7H2,1H3. The minimum absolute atomic E-state index is 0.395. The van der Waals surface area contributed by atoms with Crippen LogP contribution in [-0.2, 0) is 0 Å². The Morgan fingerprint density at radius 1 is 1.29 bits per heavy atom. The van der Waals surface area contributed by atoms with Gasteiger partial charge >= 0.3 is 7.12 Å². The van der Waals surface area contributed by atoms with Gasteiger partial charge in [0, 0.05) is 43.4 Å². The molecule has 1 aliphatic heterocycles. The summed E-state index contributed by atoms with van der Waals surface area (Å²) in [5.41, 5.74) is 1.44. The normalized spacial score (nSPS) is 15.8. The van der Waals surface area contributed by atoms with Crippen molar-refractivity contribution in [3.63, 3.8) is 0 Å². The Bertz CT molecular complexity index is 381. The zero-order valence-electron chi connectivity index (χ0n) is 9.89. The van der Waals surface area contributed by atoms with Crippen molar-refractivity contribution in [1.82, 2.24) is 5.32 Å². The molecule has 0 aliphatic carbocycles. The molecule has 1 heterocycles. The van der Waals surface area contributed by atoms with E-state index in [0.717, 1.165) is 31.9 Å². The molecular formula is C11H17BN2O3. The molecule has 1 saturated heterocycles. The number of nitrogens with one attached hydrogen (secondary N) is 1. The molecule has 0 bridgehead atoms. The van der Waals surface area contributed by atoms with E-state index in [-0.39, 0.29) is 0 Å². The van der Waals surface area contributed by atoms with Crippen LogP contribution in [-0.4, -0.2) is 50.5 Å². The lowest BCUT2D eigenvalue weighted by molar-refractivity contribution is 0.403. The van der Waals surface area contributed by atoms with E-state index >= 15 is 0 Å². The number of rotatable bonds is 3. The summed E-state index contributed by atoms with van der Waals surface area (Å²) in [6.45, 7) is 3.83. The van der Waals surface area contributed by atoms with E-state index in [4.69, 9.17) is 4.74 Å². The van der Waals surface area contributed by atoms with Crippen LogP contribution in [0.3, 0.4) is 0 Å². The maximum Gasteiger partial charge on any atom is 0.492 e. The van der Waals surface area contributed by atoms with E-state index in [2.05, 4.69) is 10.2 Å². The molecule has 1 aromatic carbocycles. The fourth-order valence-electron chi connectivity index (χ4n) is 2.03. The molecule has 3 N–H and O–H groups in total. The fraction of sp³-hybridized carbons (Fsp3) is 0.455. The first-order chi connectivity index (χ1) is 8.22. The topological polar surface area (TPSA) is 65.0 Å². The summed E-state index contributed by atoms with van der Waals surface area (Å²) in [7, 11) is 0.0324. The monoisotopic (exact) mass is 236 g/mol. The molecule has 0 spiro atoms. The molecule has 2 rings (SSSR count). The summed E-state index contributed by atoms with van der Waals surface area (Å²) in [6, 6.07) is 5.43. The SMILES string of the molecule is COc1cc(N2CCNCC2)ccc1B(O)O. The van der Waals surface area contributed by atoms with Gasteiger partial charge in [0.2, 0.25) is 0 Å². The number of nitrogens with zero attached hydrogens (tertiary/aromatic N) is 1. The average Bonchev–Trinajstić information content (AvgIpc) is 2.39. The Morgan fingerprint density at radius 3 is 2.59 bits per heavy atom. The Morgan fingerprint density at radius 2 is 2.00 bits per heavy atom. The molecule has 0 atom stereocenters. The Kier molecular flexibility index (Phi) is 3.88. The maximum absolute atomic E-state index is 9.19. The first-order valence-corrected chi connectivity index (χ1v) is 5.72. The number of hydrogen-bond acceptors (Lipinski definition) is 5. The van der Waals surface area contributed by atoms with Gasteiger partial charge in [-0.3, -0.25) is 0 Å². The molecule has 0 unspecified atom stereocenters. The molecule has 92 valence electrons. The van der Waals surface area contributed by atoms with Gasteiger partial charge in [0.15, 0.2) is 0 Å². The number of hydrogen-bond donors (Lipinski definition) is 3. The van der Waals surface area contributed by atoms with Crippen LogP contribution in [0.5, 0.6) is 5.75 Å². The van der Waals surface area contributed by atoms with E-state index in [1.165, 1.54) is 7.11 Å². The highest BCUT2D eigenvalue weighted by atomic mass is 16.5. The minimum atomic E-state index is -1.50. The zero-order valence-corrected chi connectivity index (χ0v) is 9.89. The zero-order chi connectivity index (χ0) is 12.3. The van der Waals surface area contributed by atoms with Crippen molar-refractivity contribution in [2.75, 3.05) is 38.2 Å². The van der Waals surface area contributed by atoms with Gasteiger partial charge in [0.1, 0.15) is 5.75 Å². The number of ether oxygens (including phenoxy) is 1. The maximum atomic E-state index is 9.19. The van der Waals surface area contributed by atoms with Crippen molar-refractivity contribution in [1.29, 1.82) is 0 Å². The van der Waals surface area contributed by atoms with Crippen LogP contribution in [0.1, 0.15) is 0 Å². The second-order valence-electron chi connectivity index (χ2n) is 4.04. The highest BCUT2D eigenvalue weighted by molar-refractivity contribution is 6.59. The van der Waals surface area contributed by atoms with E-state index in [1.807, 2.05) is 12.1 Å². The van der Waals surface area contributed by atoms with Crippen molar-refractivity contribution in [2.45, 2.75) is 0 Å². The van der Waals surface area contributed by atoms with E-state index in [9.17, 15) is 10.0 Å². The van der Waals surface area contributed by atoms with Gasteiger partial charge in [-0.05, 0) is 6.07 Å². The van der Waals surface area contributed by atoms with Crippen LogP contribution in [0.15, 0.2) is 18.2 Å². The summed E-state index contributed by atoms with van der Waals surface area (Å²) in [6.07, 6.45) is 0. The Labute approximate surface area is 101 Å². The van der Waals surface area contributed by atoms with Gasteiger partial charge in [0.25, 0.3) is 0 Å². The molecule has 1 aromatic rings. The van der Waals surface area contributed by atoms with Crippen molar-refractivity contribution < 1.29 is 14.8 Å². The average molecular weight is 236 g/mol. The van der Waals surface area contributed by atoms with Crippen LogP contribution in [0.25, 0.3) is 0 Å². The first kappa shape index (κ1) is 12.2. The second kappa shape index (κ2) is 5.40. The molecule has 17 heavy (non-hydrogen) atoms. The summed E-state index contributed by atoms with van der Waals surface area (Å²) >= 11 is 0. The van der Waals surface area contributed by atoms with E-state index < -0.39 is 7.12 Å². The van der Waals surface area contributed by atoms with Gasteiger partial charge in [-0.25, -0.2) is 0 Å². The largest absolute Gasteiger partial charge is 0.497 e. The predicted octanol–water partition coefficient (Wildman–Crippen LogP) is -1.22. The summed E-state index contributed by atoms with van der Waals surface area (Å²) in [5, 5.41) is 21.7. The highest BCUT2D eigenvalue weighted by Gasteiger charge is 2.19. The molecule has 1 aliphatic rings. The van der Waals surface area contributed by atoms with Crippen molar-refractivity contribution in [2.24, 2.45) is 0 Å². The Hall–Kier alpha value is -1.24. The third kappa shape index (κ3) is 2.72. The van der Waals surface area contributed by atoms with Crippen molar-refractivity contribution in [3.05, 3.63) is 18.2 Å². The Balaban J connectivity index is 2.24. The summed E-state index contributed by atoms with van der Waals surface area (Å²) in [5.74, 6) is 0.510. The third-order valence-electron chi connectivity index (χ3n) is 2.98. The third-order valence-corrected chi connectivity index (χ3v) is 2.98. The van der Waals surface area contributed by atoms with Gasteiger partial charge in [-0.2, -0.15) is 0 Å². The van der Waals surface area contributed by atoms with Crippen LogP contribution in [0, 0.1) is 0 Å². The lowest BCUT2D eigenvalue weighted by Crippen LogP contribution is -2.43. The number of benzene rings is 1. The van der Waals surface area contributed by atoms with Crippen molar-refractivity contribution in [3.8, 4) is 5.75 Å². The number of methoxy groups -OCH3 is 1. The summed E-state index contributed by atoms with van der Waals surface area (Å²) in [4.78, 5) is 2.24. The number of piperazine rings is 1. The molecule has 0 saturated carbocycles. The molecule has 0 amide bonds. The summed E-state index contributed by atoms with van der Waals surface area (Å²) < 4.78 is 5.18. The molecule has 1 fully saturated rings. The molecule has 0 radical (unpaired) electrons. The predicted molar refractivity (Wildman–Crippen MR) is 67.9 cm³/mol. The van der Waals surface area contributed by atoms with Crippen LogP contribution >= 0.6 is 0 Å². The smallest absolute Gasteiger partial charge is 0.492 e. The highest BCUT2D eigenvalue weighted by Crippen LogP contribution is 2.20. The molecule has 5 nitrogen and oxygen atoms in total. The first-order valence-electron chi connectivity index (χ1n) is 5.72. The number of anilines is 1. The van der Waals surface area contributed by atoms with Gasteiger partial charge in [-0.15, -0.1) is 0 Å². The van der Waals surface area contributed by atoms with E-state index in [0.29, 0.717) is 11.2 Å². The lowest BCUT2D eigenvalue weighted by Gasteiger charge is -2.30. The van der Waals surface area contributed by atoms with Gasteiger partial charge < -0.3 is 25.0 Å². The quantitative estimate of drug-likeness (QED) is 0.574.